The zero-order valence-electron chi connectivity index (χ0n) is 12.9. The molecule has 0 spiro atoms. The van der Waals surface area contributed by atoms with Crippen LogP contribution in [0.2, 0.25) is 10.0 Å². The molecule has 7 heteroatoms. The predicted molar refractivity (Wildman–Crippen MR) is 97.7 cm³/mol. The van der Waals surface area contributed by atoms with Crippen molar-refractivity contribution in [3.63, 3.8) is 0 Å². The van der Waals surface area contributed by atoms with E-state index in [-0.39, 0.29) is 6.04 Å². The molecule has 2 heterocycles. The highest BCUT2D eigenvalue weighted by molar-refractivity contribution is 6.35. The minimum Gasteiger partial charge on any atom is -0.367 e. The number of rotatable bonds is 3. The largest absolute Gasteiger partial charge is 0.367 e. The molecule has 3 aromatic rings. The van der Waals surface area contributed by atoms with Gasteiger partial charge in [-0.1, -0.05) is 23.2 Å². The summed E-state index contributed by atoms with van der Waals surface area (Å²) in [6.07, 6.45) is 4.80. The first kappa shape index (κ1) is 15.7. The van der Waals surface area contributed by atoms with E-state index in [1.54, 1.807) is 16.8 Å². The van der Waals surface area contributed by atoms with E-state index < -0.39 is 0 Å². The number of nitrogens with one attached hydrogen (secondary N) is 1. The van der Waals surface area contributed by atoms with Crippen LogP contribution in [0.15, 0.2) is 36.5 Å². The lowest BCUT2D eigenvalue weighted by atomic mass is 10.1. The fourth-order valence-electron chi connectivity index (χ4n) is 3.22. The van der Waals surface area contributed by atoms with Gasteiger partial charge in [0.15, 0.2) is 5.65 Å². The van der Waals surface area contributed by atoms with Crippen LogP contribution in [0.25, 0.3) is 16.9 Å². The molecule has 24 heavy (non-hydrogen) atoms. The zero-order chi connectivity index (χ0) is 16.7. The Kier molecular flexibility index (Phi) is 4.08. The third-order valence-corrected chi connectivity index (χ3v) is 4.78. The Morgan fingerprint density at radius 2 is 1.92 bits per heavy atom. The molecular weight excluding hydrogens is 345 g/mol. The van der Waals surface area contributed by atoms with Crippen molar-refractivity contribution in [2.75, 3.05) is 5.32 Å². The smallest absolute Gasteiger partial charge is 0.157 e. The molecule has 1 fully saturated rings. The summed E-state index contributed by atoms with van der Waals surface area (Å²) in [7, 11) is 0. The molecule has 4 rings (SSSR count). The van der Waals surface area contributed by atoms with Crippen molar-refractivity contribution >= 4 is 34.7 Å². The topological polar surface area (TPSA) is 68.2 Å². The summed E-state index contributed by atoms with van der Waals surface area (Å²) in [6, 6.07) is 9.90. The molecule has 1 aliphatic carbocycles. The zero-order valence-corrected chi connectivity index (χ0v) is 14.4. The van der Waals surface area contributed by atoms with Gasteiger partial charge in [0.25, 0.3) is 0 Å². The molecule has 0 radical (unpaired) electrons. The predicted octanol–water partition coefficient (Wildman–Crippen LogP) is 3.99. The second-order valence-corrected chi connectivity index (χ2v) is 7.07. The maximum Gasteiger partial charge on any atom is 0.157 e. The van der Waals surface area contributed by atoms with Gasteiger partial charge in [0.1, 0.15) is 5.82 Å². The number of aromatic nitrogens is 3. The van der Waals surface area contributed by atoms with Crippen LogP contribution in [-0.2, 0) is 0 Å². The van der Waals surface area contributed by atoms with Gasteiger partial charge in [0, 0.05) is 39.8 Å². The molecule has 1 aliphatic rings. The van der Waals surface area contributed by atoms with Crippen LogP contribution in [-0.4, -0.2) is 26.7 Å². The van der Waals surface area contributed by atoms with Crippen molar-refractivity contribution in [3.8, 4) is 11.3 Å². The van der Waals surface area contributed by atoms with Crippen molar-refractivity contribution < 1.29 is 0 Å². The van der Waals surface area contributed by atoms with Gasteiger partial charge in [-0.2, -0.15) is 9.61 Å². The third-order valence-electron chi connectivity index (χ3n) is 4.34. The Morgan fingerprint density at radius 3 is 2.62 bits per heavy atom. The van der Waals surface area contributed by atoms with Crippen LogP contribution >= 0.6 is 23.2 Å². The summed E-state index contributed by atoms with van der Waals surface area (Å²) < 4.78 is 1.81. The Bertz CT molecular complexity index is 872. The minimum absolute atomic E-state index is 0.267. The molecule has 2 atom stereocenters. The number of nitrogens with zero attached hydrogens (tertiary/aromatic N) is 3. The summed E-state index contributed by atoms with van der Waals surface area (Å²) in [6.45, 7) is 0. The van der Waals surface area contributed by atoms with E-state index in [1.165, 1.54) is 0 Å². The summed E-state index contributed by atoms with van der Waals surface area (Å²) in [5, 5.41) is 9.09. The minimum atomic E-state index is 0.267. The van der Waals surface area contributed by atoms with Crippen LogP contribution < -0.4 is 11.1 Å². The van der Waals surface area contributed by atoms with E-state index in [1.807, 2.05) is 24.3 Å². The number of fused-ring (bicyclic) bond motifs is 1. The fraction of sp³-hybridized carbons (Fsp3) is 0.294. The van der Waals surface area contributed by atoms with E-state index >= 15 is 0 Å². The highest BCUT2D eigenvalue weighted by atomic mass is 35.5. The van der Waals surface area contributed by atoms with E-state index in [0.717, 1.165) is 42.0 Å². The van der Waals surface area contributed by atoms with Gasteiger partial charge in [0.05, 0.1) is 11.9 Å². The van der Waals surface area contributed by atoms with Crippen molar-refractivity contribution in [2.24, 2.45) is 5.73 Å². The van der Waals surface area contributed by atoms with Gasteiger partial charge >= 0.3 is 0 Å². The second-order valence-electron chi connectivity index (χ2n) is 6.20. The number of halogens is 2. The molecule has 124 valence electrons. The maximum atomic E-state index is 6.13. The van der Waals surface area contributed by atoms with Crippen molar-refractivity contribution in [2.45, 2.75) is 31.3 Å². The van der Waals surface area contributed by atoms with Gasteiger partial charge in [-0.25, -0.2) is 4.98 Å². The van der Waals surface area contributed by atoms with Crippen molar-refractivity contribution in [1.82, 2.24) is 14.6 Å². The lowest BCUT2D eigenvalue weighted by Crippen LogP contribution is -2.22. The van der Waals surface area contributed by atoms with Gasteiger partial charge < -0.3 is 11.1 Å². The molecule has 1 saturated carbocycles. The summed E-state index contributed by atoms with van der Waals surface area (Å²) in [5.41, 5.74) is 8.47. The Balaban J connectivity index is 1.77. The fourth-order valence-corrected chi connectivity index (χ4v) is 3.75. The van der Waals surface area contributed by atoms with Gasteiger partial charge in [-0.15, -0.1) is 0 Å². The monoisotopic (exact) mass is 361 g/mol. The van der Waals surface area contributed by atoms with Gasteiger partial charge in [0.2, 0.25) is 0 Å². The average molecular weight is 362 g/mol. The SMILES string of the molecule is N[C@H]1CC[C@H](Nc2cc(-c3cc(Cl)cc(Cl)c3)nc3ccnn23)C1. The molecule has 0 aliphatic heterocycles. The number of benzene rings is 1. The molecule has 0 amide bonds. The van der Waals surface area contributed by atoms with Crippen LogP contribution in [0.3, 0.4) is 0 Å². The van der Waals surface area contributed by atoms with E-state index in [0.29, 0.717) is 16.1 Å². The molecule has 1 aromatic carbocycles. The molecule has 3 N–H and O–H groups in total. The third kappa shape index (κ3) is 3.07. The number of hydrogen-bond acceptors (Lipinski definition) is 4. The summed E-state index contributed by atoms with van der Waals surface area (Å²) in [4.78, 5) is 4.66. The molecule has 0 unspecified atom stereocenters. The van der Waals surface area contributed by atoms with E-state index in [2.05, 4.69) is 15.4 Å². The standard InChI is InChI=1S/C17H17Cl2N5/c18-11-5-10(6-12(19)7-11)15-9-17(22-14-2-1-13(20)8-14)24-16(23-15)3-4-21-24/h3-7,9,13-14,22H,1-2,8,20H2/t13-,14-/m0/s1. The highest BCUT2D eigenvalue weighted by Crippen LogP contribution is 2.29. The first-order valence-electron chi connectivity index (χ1n) is 7.92. The Hall–Kier alpha value is -1.82. The first-order chi connectivity index (χ1) is 11.6. The Labute approximate surface area is 149 Å². The van der Waals surface area contributed by atoms with Gasteiger partial charge in [-0.05, 0) is 37.5 Å². The molecule has 0 bridgehead atoms. The van der Waals surface area contributed by atoms with Crippen molar-refractivity contribution in [1.29, 1.82) is 0 Å². The summed E-state index contributed by atoms with van der Waals surface area (Å²) in [5.74, 6) is 0.898. The molecular formula is C17H17Cl2N5. The van der Waals surface area contributed by atoms with Crippen LogP contribution in [0.1, 0.15) is 19.3 Å². The second kappa shape index (κ2) is 6.24. The van der Waals surface area contributed by atoms with Crippen LogP contribution in [0.5, 0.6) is 0 Å². The lowest BCUT2D eigenvalue weighted by molar-refractivity contribution is 0.684. The normalized spacial score (nSPS) is 20.6. The molecule has 0 saturated heterocycles. The highest BCUT2D eigenvalue weighted by Gasteiger charge is 2.22. The molecule has 2 aromatic heterocycles. The summed E-state index contributed by atoms with van der Waals surface area (Å²) >= 11 is 12.3. The Morgan fingerprint density at radius 1 is 1.12 bits per heavy atom. The van der Waals surface area contributed by atoms with Crippen molar-refractivity contribution in [3.05, 3.63) is 46.6 Å². The van der Waals surface area contributed by atoms with E-state index in [9.17, 15) is 0 Å². The number of hydrogen-bond donors (Lipinski definition) is 2. The van der Waals surface area contributed by atoms with Crippen LogP contribution in [0.4, 0.5) is 5.82 Å². The number of anilines is 1. The molecule has 5 nitrogen and oxygen atoms in total. The quantitative estimate of drug-likeness (QED) is 0.739. The van der Waals surface area contributed by atoms with Gasteiger partial charge in [-0.3, -0.25) is 0 Å². The van der Waals surface area contributed by atoms with E-state index in [4.69, 9.17) is 28.9 Å². The van der Waals surface area contributed by atoms with Crippen LogP contribution in [0, 0.1) is 0 Å². The maximum absolute atomic E-state index is 6.13. The average Bonchev–Trinajstić information content (AvgIpc) is 3.15. The first-order valence-corrected chi connectivity index (χ1v) is 8.67. The lowest BCUT2D eigenvalue weighted by Gasteiger charge is -2.16. The number of nitrogens with two attached hydrogens (primary N) is 1.